The summed E-state index contributed by atoms with van der Waals surface area (Å²) in [6.07, 6.45) is 2.67. The van der Waals surface area contributed by atoms with Crippen molar-refractivity contribution in [2.45, 2.75) is 18.9 Å². The average Bonchev–Trinajstić information content (AvgIpc) is 2.37. The van der Waals surface area contributed by atoms with Crippen LogP contribution in [0.3, 0.4) is 0 Å². The monoisotopic (exact) mass is 237 g/mol. The van der Waals surface area contributed by atoms with Crippen molar-refractivity contribution in [3.05, 3.63) is 30.3 Å². The van der Waals surface area contributed by atoms with Crippen LogP contribution in [-0.2, 0) is 0 Å². The minimum absolute atomic E-state index is 0.693. The van der Waals surface area contributed by atoms with E-state index >= 15 is 0 Å². The number of rotatable bonds is 5. The van der Waals surface area contributed by atoms with E-state index in [-0.39, 0.29) is 0 Å². The second-order valence-electron chi connectivity index (χ2n) is 4.03. The molecule has 0 radical (unpaired) electrons. The van der Waals surface area contributed by atoms with Crippen LogP contribution in [-0.4, -0.2) is 30.7 Å². The number of thioether (sulfide) groups is 1. The Morgan fingerprint density at radius 2 is 2.19 bits per heavy atom. The summed E-state index contributed by atoms with van der Waals surface area (Å²) in [6.45, 7) is 1.70. The fraction of sp³-hybridized carbons (Fsp3) is 0.538. The van der Waals surface area contributed by atoms with E-state index in [1.807, 2.05) is 30.3 Å². The molecular weight excluding hydrogens is 218 g/mol. The fourth-order valence-corrected chi connectivity index (χ4v) is 2.96. The Hall–Kier alpha value is -0.670. The normalized spacial score (nSPS) is 20.6. The minimum Gasteiger partial charge on any atom is -0.492 e. The molecule has 2 rings (SSSR count). The van der Waals surface area contributed by atoms with E-state index in [1.54, 1.807) is 0 Å². The van der Waals surface area contributed by atoms with E-state index < -0.39 is 0 Å². The summed E-state index contributed by atoms with van der Waals surface area (Å²) < 4.78 is 5.63. The third-order valence-corrected chi connectivity index (χ3v) is 3.92. The molecule has 2 nitrogen and oxygen atoms in total. The molecule has 1 fully saturated rings. The van der Waals surface area contributed by atoms with Crippen molar-refractivity contribution in [3.63, 3.8) is 0 Å². The van der Waals surface area contributed by atoms with Crippen molar-refractivity contribution in [1.29, 1.82) is 0 Å². The molecule has 0 aliphatic carbocycles. The van der Waals surface area contributed by atoms with E-state index in [0.717, 1.165) is 18.9 Å². The molecule has 1 saturated heterocycles. The first-order valence-corrected chi connectivity index (χ1v) is 7.09. The highest BCUT2D eigenvalue weighted by atomic mass is 32.2. The smallest absolute Gasteiger partial charge is 0.119 e. The van der Waals surface area contributed by atoms with Crippen molar-refractivity contribution in [2.24, 2.45) is 0 Å². The molecule has 1 N–H and O–H groups in total. The molecular formula is C13H19NOS. The van der Waals surface area contributed by atoms with Crippen molar-refractivity contribution in [3.8, 4) is 5.75 Å². The van der Waals surface area contributed by atoms with Crippen LogP contribution in [0.4, 0.5) is 0 Å². The Kier molecular flexibility index (Phi) is 5.03. The summed E-state index contributed by atoms with van der Waals surface area (Å²) in [4.78, 5) is 0. The van der Waals surface area contributed by atoms with Gasteiger partial charge in [0, 0.05) is 18.3 Å². The van der Waals surface area contributed by atoms with Crippen LogP contribution >= 0.6 is 11.8 Å². The largest absolute Gasteiger partial charge is 0.492 e. The predicted octanol–water partition coefficient (Wildman–Crippen LogP) is 2.55. The van der Waals surface area contributed by atoms with Gasteiger partial charge in [0.2, 0.25) is 0 Å². The van der Waals surface area contributed by atoms with Gasteiger partial charge < -0.3 is 10.1 Å². The van der Waals surface area contributed by atoms with Gasteiger partial charge in [0.25, 0.3) is 0 Å². The Balaban J connectivity index is 1.58. The standard InChI is InChI=1S/C13H19NOS/c1-2-6-13(7-3-1)15-9-8-14-12-5-4-10-16-11-12/h1-3,6-7,12,14H,4-5,8-11H2. The quantitative estimate of drug-likeness (QED) is 0.795. The number of para-hydroxylation sites is 1. The Morgan fingerprint density at radius 3 is 2.94 bits per heavy atom. The Bertz CT molecular complexity index is 285. The molecule has 1 aromatic carbocycles. The SMILES string of the molecule is c1ccc(OCCNC2CCCSC2)cc1. The van der Waals surface area contributed by atoms with Crippen molar-refractivity contribution >= 4 is 11.8 Å². The number of benzene rings is 1. The average molecular weight is 237 g/mol. The molecule has 1 aliphatic heterocycles. The lowest BCUT2D eigenvalue weighted by atomic mass is 10.2. The molecule has 0 spiro atoms. The number of nitrogens with one attached hydrogen (secondary N) is 1. The van der Waals surface area contributed by atoms with Crippen LogP contribution in [0, 0.1) is 0 Å². The molecule has 1 aliphatic rings. The van der Waals surface area contributed by atoms with E-state index in [1.165, 1.54) is 24.3 Å². The first kappa shape index (κ1) is 11.8. The van der Waals surface area contributed by atoms with Crippen LogP contribution in [0.1, 0.15) is 12.8 Å². The predicted molar refractivity (Wildman–Crippen MR) is 70.3 cm³/mol. The van der Waals surface area contributed by atoms with Gasteiger partial charge in [-0.05, 0) is 30.7 Å². The van der Waals surface area contributed by atoms with Crippen molar-refractivity contribution < 1.29 is 4.74 Å². The minimum atomic E-state index is 0.693. The zero-order valence-corrected chi connectivity index (χ0v) is 10.3. The van der Waals surface area contributed by atoms with Gasteiger partial charge in [0.15, 0.2) is 0 Å². The maximum Gasteiger partial charge on any atom is 0.119 e. The van der Waals surface area contributed by atoms with Gasteiger partial charge in [0.05, 0.1) is 0 Å². The zero-order valence-electron chi connectivity index (χ0n) is 9.52. The summed E-state index contributed by atoms with van der Waals surface area (Å²) in [6, 6.07) is 10.7. The second-order valence-corrected chi connectivity index (χ2v) is 5.18. The molecule has 1 heterocycles. The third kappa shape index (κ3) is 4.06. The molecule has 1 unspecified atom stereocenters. The van der Waals surface area contributed by atoms with Gasteiger partial charge in [-0.25, -0.2) is 0 Å². The molecule has 0 saturated carbocycles. The first-order valence-electron chi connectivity index (χ1n) is 5.94. The summed E-state index contributed by atoms with van der Waals surface area (Å²) in [7, 11) is 0. The molecule has 0 bridgehead atoms. The van der Waals surface area contributed by atoms with Gasteiger partial charge >= 0.3 is 0 Å². The third-order valence-electron chi connectivity index (χ3n) is 2.71. The van der Waals surface area contributed by atoms with E-state index in [4.69, 9.17) is 4.74 Å². The van der Waals surface area contributed by atoms with Gasteiger partial charge in [-0.15, -0.1) is 0 Å². The van der Waals surface area contributed by atoms with Crippen LogP contribution in [0.15, 0.2) is 30.3 Å². The highest BCUT2D eigenvalue weighted by Crippen LogP contribution is 2.16. The van der Waals surface area contributed by atoms with Gasteiger partial charge in [-0.1, -0.05) is 18.2 Å². The molecule has 3 heteroatoms. The summed E-state index contributed by atoms with van der Waals surface area (Å²) in [5.41, 5.74) is 0. The molecule has 1 atom stereocenters. The van der Waals surface area contributed by atoms with Gasteiger partial charge in [0.1, 0.15) is 12.4 Å². The van der Waals surface area contributed by atoms with Crippen molar-refractivity contribution in [1.82, 2.24) is 5.32 Å². The number of hydrogen-bond donors (Lipinski definition) is 1. The lowest BCUT2D eigenvalue weighted by molar-refractivity contribution is 0.305. The van der Waals surface area contributed by atoms with Crippen LogP contribution in [0.25, 0.3) is 0 Å². The Labute approximate surface area is 102 Å². The zero-order chi connectivity index (χ0) is 11.1. The molecule has 88 valence electrons. The van der Waals surface area contributed by atoms with Crippen LogP contribution in [0.5, 0.6) is 5.75 Å². The maximum absolute atomic E-state index is 5.63. The summed E-state index contributed by atoms with van der Waals surface area (Å²) >= 11 is 2.05. The fourth-order valence-electron chi connectivity index (χ4n) is 1.85. The summed E-state index contributed by atoms with van der Waals surface area (Å²) in [5, 5.41) is 3.55. The highest BCUT2D eigenvalue weighted by molar-refractivity contribution is 7.99. The van der Waals surface area contributed by atoms with Gasteiger partial charge in [-0.3, -0.25) is 0 Å². The Morgan fingerprint density at radius 1 is 1.31 bits per heavy atom. The molecule has 1 aromatic rings. The summed E-state index contributed by atoms with van der Waals surface area (Å²) in [5.74, 6) is 3.55. The first-order chi connectivity index (χ1) is 7.95. The van der Waals surface area contributed by atoms with Crippen LogP contribution in [0.2, 0.25) is 0 Å². The van der Waals surface area contributed by atoms with Crippen molar-refractivity contribution in [2.75, 3.05) is 24.7 Å². The van der Waals surface area contributed by atoms with E-state index in [9.17, 15) is 0 Å². The lowest BCUT2D eigenvalue weighted by Crippen LogP contribution is -2.36. The van der Waals surface area contributed by atoms with E-state index in [0.29, 0.717) is 6.04 Å². The lowest BCUT2D eigenvalue weighted by Gasteiger charge is -2.22. The maximum atomic E-state index is 5.63. The highest BCUT2D eigenvalue weighted by Gasteiger charge is 2.12. The van der Waals surface area contributed by atoms with Gasteiger partial charge in [-0.2, -0.15) is 11.8 Å². The van der Waals surface area contributed by atoms with E-state index in [2.05, 4.69) is 17.1 Å². The molecule has 16 heavy (non-hydrogen) atoms. The second kappa shape index (κ2) is 6.81. The number of hydrogen-bond acceptors (Lipinski definition) is 3. The van der Waals surface area contributed by atoms with Crippen LogP contribution < -0.4 is 10.1 Å². The number of ether oxygens (including phenoxy) is 1. The molecule has 0 amide bonds. The topological polar surface area (TPSA) is 21.3 Å². The molecule has 0 aromatic heterocycles.